The van der Waals surface area contributed by atoms with Gasteiger partial charge in [0.1, 0.15) is 6.15 Å². The van der Waals surface area contributed by atoms with E-state index in [1.165, 1.54) is 21.9 Å². The summed E-state index contributed by atoms with van der Waals surface area (Å²) in [5, 5.41) is 0. The van der Waals surface area contributed by atoms with Crippen LogP contribution in [-0.2, 0) is 0 Å². The molecule has 0 heterocycles. The Morgan fingerprint density at radius 2 is 0.686 bits per heavy atom. The lowest BCUT2D eigenvalue weighted by Gasteiger charge is -2.44. The van der Waals surface area contributed by atoms with Crippen LogP contribution in [0.4, 0.5) is 0 Å². The Hall–Kier alpha value is -4.72. The zero-order valence-electron chi connectivity index (χ0n) is 19.4. The van der Waals surface area contributed by atoms with Gasteiger partial charge in [-0.3, -0.25) is 0 Å². The van der Waals surface area contributed by atoms with Crippen LogP contribution in [0, 0.1) is 24.2 Å². The van der Waals surface area contributed by atoms with Crippen molar-refractivity contribution in [2.75, 3.05) is 0 Å². The molecule has 0 atom stereocenters. The Morgan fingerprint density at radius 3 is 1.06 bits per heavy atom. The SMILES string of the molecule is C#Cc1ccc(C#Cc2ccc([B-](c3ccccc3)(c3ccccc3)c3ccccc3)cc2)cc1. The summed E-state index contributed by atoms with van der Waals surface area (Å²) in [4.78, 5) is 0. The highest BCUT2D eigenvalue weighted by Crippen LogP contribution is 2.10. The highest BCUT2D eigenvalue weighted by atomic mass is 14.1. The molecule has 0 spiro atoms. The molecule has 5 rings (SSSR count). The smallest absolute Gasteiger partial charge is 0.108 e. The molecular formula is C34H24B-. The monoisotopic (exact) mass is 443 g/mol. The molecule has 0 aliphatic rings. The normalized spacial score (nSPS) is 10.6. The standard InChI is InChI=1S/C34H24B/c1-2-28-18-20-29(21-19-28)22-23-30-24-26-34(27-25-30)35(31-12-6-3-7-13-31,32-14-8-4-9-15-32)33-16-10-5-11-17-33/h1,3-21,24-27H/q-1. The fraction of sp³-hybridized carbons (Fsp3) is 0. The van der Waals surface area contributed by atoms with Gasteiger partial charge < -0.3 is 0 Å². The maximum absolute atomic E-state index is 5.46. The first kappa shape index (κ1) is 22.1. The van der Waals surface area contributed by atoms with Crippen LogP contribution in [-0.4, -0.2) is 6.15 Å². The van der Waals surface area contributed by atoms with E-state index in [0.717, 1.165) is 16.7 Å². The molecule has 1 heteroatoms. The summed E-state index contributed by atoms with van der Waals surface area (Å²) in [6.45, 7) is 0. The molecule has 0 aliphatic heterocycles. The van der Waals surface area contributed by atoms with Crippen molar-refractivity contribution in [3.63, 3.8) is 0 Å². The molecule has 0 amide bonds. The average molecular weight is 443 g/mol. The topological polar surface area (TPSA) is 0 Å². The molecule has 164 valence electrons. The zero-order valence-corrected chi connectivity index (χ0v) is 19.4. The zero-order chi connectivity index (χ0) is 23.9. The van der Waals surface area contributed by atoms with Crippen molar-refractivity contribution < 1.29 is 0 Å². The summed E-state index contributed by atoms with van der Waals surface area (Å²) in [6, 6.07) is 49.0. The minimum absolute atomic E-state index is 0.862. The van der Waals surface area contributed by atoms with Gasteiger partial charge >= 0.3 is 0 Å². The Morgan fingerprint density at radius 1 is 0.371 bits per heavy atom. The Balaban J connectivity index is 1.64. The van der Waals surface area contributed by atoms with Crippen LogP contribution in [0.3, 0.4) is 0 Å². The van der Waals surface area contributed by atoms with Gasteiger partial charge in [-0.1, -0.05) is 121 Å². The van der Waals surface area contributed by atoms with Gasteiger partial charge in [0.05, 0.1) is 0 Å². The second-order valence-corrected chi connectivity index (χ2v) is 8.69. The van der Waals surface area contributed by atoms with Crippen molar-refractivity contribution in [2.24, 2.45) is 0 Å². The van der Waals surface area contributed by atoms with Crippen LogP contribution in [0.2, 0.25) is 0 Å². The van der Waals surface area contributed by atoms with Crippen LogP contribution in [0.25, 0.3) is 0 Å². The van der Waals surface area contributed by atoms with Gasteiger partial charge in [-0.05, 0) is 36.4 Å². The molecule has 5 aromatic carbocycles. The van der Waals surface area contributed by atoms with E-state index in [0.29, 0.717) is 0 Å². The largest absolute Gasteiger partial charge is 0.195 e. The third kappa shape index (κ3) is 4.41. The average Bonchev–Trinajstić information content (AvgIpc) is 2.95. The van der Waals surface area contributed by atoms with E-state index < -0.39 is 6.15 Å². The maximum atomic E-state index is 5.46. The van der Waals surface area contributed by atoms with E-state index in [1.54, 1.807) is 0 Å². The van der Waals surface area contributed by atoms with Crippen molar-refractivity contribution in [1.82, 2.24) is 0 Å². The molecule has 35 heavy (non-hydrogen) atoms. The minimum atomic E-state index is -1.36. The fourth-order valence-electron chi connectivity index (χ4n) is 5.03. The minimum Gasteiger partial charge on any atom is -0.195 e. The lowest BCUT2D eigenvalue weighted by molar-refractivity contribution is 1.60. The number of benzene rings is 5. The third-order valence-electron chi connectivity index (χ3n) is 6.71. The van der Waals surface area contributed by atoms with Gasteiger partial charge in [-0.2, -0.15) is 21.9 Å². The molecule has 0 fully saturated rings. The highest BCUT2D eigenvalue weighted by Gasteiger charge is 2.31. The van der Waals surface area contributed by atoms with Gasteiger partial charge in [0.2, 0.25) is 0 Å². The van der Waals surface area contributed by atoms with Gasteiger partial charge in [-0.15, -0.1) is 6.42 Å². The Bertz CT molecular complexity index is 1400. The summed E-state index contributed by atoms with van der Waals surface area (Å²) >= 11 is 0. The predicted octanol–water partition coefficient (Wildman–Crippen LogP) is 4.45. The van der Waals surface area contributed by atoms with E-state index in [1.807, 2.05) is 24.3 Å². The van der Waals surface area contributed by atoms with Crippen molar-refractivity contribution in [3.05, 3.63) is 156 Å². The summed E-state index contributed by atoms with van der Waals surface area (Å²) in [5.41, 5.74) is 7.92. The van der Waals surface area contributed by atoms with Crippen LogP contribution in [0.1, 0.15) is 16.7 Å². The number of hydrogen-bond acceptors (Lipinski definition) is 0. The van der Waals surface area contributed by atoms with E-state index in [-0.39, 0.29) is 0 Å². The van der Waals surface area contributed by atoms with Crippen LogP contribution >= 0.6 is 0 Å². The van der Waals surface area contributed by atoms with Crippen LogP contribution < -0.4 is 21.9 Å². The Kier molecular flexibility index (Phi) is 6.34. The van der Waals surface area contributed by atoms with E-state index >= 15 is 0 Å². The maximum Gasteiger partial charge on any atom is 0.108 e. The molecule has 0 aliphatic carbocycles. The van der Waals surface area contributed by atoms with Gasteiger partial charge in [0, 0.05) is 16.7 Å². The molecule has 0 N–H and O–H groups in total. The first-order valence-corrected chi connectivity index (χ1v) is 11.8. The molecule has 0 radical (unpaired) electrons. The lowest BCUT2D eigenvalue weighted by Crippen LogP contribution is -2.74. The number of terminal acetylenes is 1. The van der Waals surface area contributed by atoms with Crippen LogP contribution in [0.5, 0.6) is 0 Å². The number of hydrogen-bond donors (Lipinski definition) is 0. The summed E-state index contributed by atoms with van der Waals surface area (Å²) in [5.74, 6) is 9.20. The molecule has 0 saturated heterocycles. The predicted molar refractivity (Wildman–Crippen MR) is 150 cm³/mol. The van der Waals surface area contributed by atoms with Crippen molar-refractivity contribution in [1.29, 1.82) is 0 Å². The summed E-state index contributed by atoms with van der Waals surface area (Å²) in [7, 11) is 0. The van der Waals surface area contributed by atoms with Crippen molar-refractivity contribution in [3.8, 4) is 24.2 Å². The molecule has 0 unspecified atom stereocenters. The fourth-order valence-corrected chi connectivity index (χ4v) is 5.03. The van der Waals surface area contributed by atoms with Crippen molar-refractivity contribution >= 4 is 28.0 Å². The molecule has 0 bridgehead atoms. The van der Waals surface area contributed by atoms with Crippen LogP contribution in [0.15, 0.2) is 140 Å². The molecular weight excluding hydrogens is 419 g/mol. The third-order valence-corrected chi connectivity index (χ3v) is 6.71. The lowest BCUT2D eigenvalue weighted by atomic mass is 9.13. The molecule has 0 nitrogen and oxygen atoms in total. The molecule has 5 aromatic rings. The first-order valence-electron chi connectivity index (χ1n) is 11.8. The molecule has 0 saturated carbocycles. The van der Waals surface area contributed by atoms with E-state index in [9.17, 15) is 0 Å². The van der Waals surface area contributed by atoms with Gasteiger partial charge in [0.15, 0.2) is 0 Å². The second-order valence-electron chi connectivity index (χ2n) is 8.69. The van der Waals surface area contributed by atoms with E-state index in [4.69, 9.17) is 6.42 Å². The molecule has 0 aromatic heterocycles. The summed E-state index contributed by atoms with van der Waals surface area (Å²) < 4.78 is 0. The quantitative estimate of drug-likeness (QED) is 0.285. The van der Waals surface area contributed by atoms with Gasteiger partial charge in [0.25, 0.3) is 0 Å². The summed E-state index contributed by atoms with van der Waals surface area (Å²) in [6.07, 6.45) is 4.09. The highest BCUT2D eigenvalue weighted by molar-refractivity contribution is 7.19. The van der Waals surface area contributed by atoms with Crippen molar-refractivity contribution in [2.45, 2.75) is 0 Å². The second kappa shape index (κ2) is 10.0. The first-order chi connectivity index (χ1) is 17.3. The van der Waals surface area contributed by atoms with Gasteiger partial charge in [-0.25, -0.2) is 0 Å². The number of rotatable bonds is 4. The Labute approximate surface area is 208 Å². The van der Waals surface area contributed by atoms with E-state index in [2.05, 4.69) is 133 Å².